The second kappa shape index (κ2) is 8.95. The molecular weight excluding hydrogens is 392 g/mol. The molecule has 0 spiro atoms. The van der Waals surface area contributed by atoms with E-state index in [0.29, 0.717) is 13.2 Å². The molecule has 0 fully saturated rings. The van der Waals surface area contributed by atoms with Crippen LogP contribution in [0, 0.1) is 6.92 Å². The van der Waals surface area contributed by atoms with Crippen molar-refractivity contribution in [3.8, 4) is 5.75 Å². The van der Waals surface area contributed by atoms with E-state index in [-0.39, 0.29) is 12.3 Å². The Morgan fingerprint density at radius 3 is 2.65 bits per heavy atom. The number of nitrogens with zero attached hydrogens (tertiary/aromatic N) is 4. The average molecular weight is 416 g/mol. The molecule has 0 aliphatic heterocycles. The quantitative estimate of drug-likeness (QED) is 0.460. The van der Waals surface area contributed by atoms with Crippen molar-refractivity contribution in [1.82, 2.24) is 19.7 Å². The fraction of sp³-hybridized carbons (Fsp3) is 0.250. The van der Waals surface area contributed by atoms with Gasteiger partial charge in [0.05, 0.1) is 36.1 Å². The summed E-state index contributed by atoms with van der Waals surface area (Å²) in [5.74, 6) is -0.0812. The Hall–Kier alpha value is -3.74. The summed E-state index contributed by atoms with van der Waals surface area (Å²) in [5.41, 5.74) is 4.67. The Kier molecular flexibility index (Phi) is 5.93. The molecule has 4 aromatic rings. The van der Waals surface area contributed by atoms with Crippen LogP contribution in [0.2, 0.25) is 0 Å². The number of carboxylic acid groups (broad SMARTS) is 1. The van der Waals surface area contributed by atoms with Crippen LogP contribution in [0.15, 0.2) is 61.1 Å². The lowest BCUT2D eigenvalue weighted by Gasteiger charge is -2.11. The number of aromatic nitrogens is 4. The second-order valence-electron chi connectivity index (χ2n) is 7.73. The first kappa shape index (κ1) is 20.5. The summed E-state index contributed by atoms with van der Waals surface area (Å²) in [6.07, 6.45) is 5.64. The molecule has 0 aliphatic rings. The van der Waals surface area contributed by atoms with Crippen molar-refractivity contribution in [3.63, 3.8) is 0 Å². The van der Waals surface area contributed by atoms with E-state index in [2.05, 4.69) is 15.1 Å². The van der Waals surface area contributed by atoms with Crippen LogP contribution in [0.5, 0.6) is 5.75 Å². The molecule has 2 heterocycles. The fourth-order valence-corrected chi connectivity index (χ4v) is 3.39. The molecular formula is C24H24N4O3. The topological polar surface area (TPSA) is 90.1 Å². The zero-order chi connectivity index (χ0) is 21.8. The molecule has 7 nitrogen and oxygen atoms in total. The third kappa shape index (κ3) is 5.25. The maximum atomic E-state index is 10.9. The van der Waals surface area contributed by atoms with Gasteiger partial charge in [-0.25, -0.2) is 0 Å². The summed E-state index contributed by atoms with van der Waals surface area (Å²) in [7, 11) is 0. The van der Waals surface area contributed by atoms with Crippen LogP contribution < -0.4 is 4.74 Å². The molecule has 158 valence electrons. The van der Waals surface area contributed by atoms with Crippen molar-refractivity contribution in [2.75, 3.05) is 0 Å². The van der Waals surface area contributed by atoms with Crippen molar-refractivity contribution in [2.24, 2.45) is 0 Å². The van der Waals surface area contributed by atoms with E-state index >= 15 is 0 Å². The van der Waals surface area contributed by atoms with Gasteiger partial charge in [0.1, 0.15) is 12.4 Å². The van der Waals surface area contributed by atoms with Crippen LogP contribution in [0.1, 0.15) is 41.8 Å². The SMILES string of the molecule is Cc1cnc(Cn2cc3ccc(COc4ccc(C(C)CC(=O)O)cc4)cc3n2)cn1. The number of carboxylic acids is 1. The first-order valence-corrected chi connectivity index (χ1v) is 10.1. The third-order valence-corrected chi connectivity index (χ3v) is 5.11. The molecule has 2 aromatic carbocycles. The zero-order valence-corrected chi connectivity index (χ0v) is 17.5. The summed E-state index contributed by atoms with van der Waals surface area (Å²) >= 11 is 0. The lowest BCUT2D eigenvalue weighted by Crippen LogP contribution is -2.03. The van der Waals surface area contributed by atoms with Crippen molar-refractivity contribution in [1.29, 1.82) is 0 Å². The van der Waals surface area contributed by atoms with Gasteiger partial charge in [0.15, 0.2) is 0 Å². The summed E-state index contributed by atoms with van der Waals surface area (Å²) in [5, 5.41) is 14.6. The van der Waals surface area contributed by atoms with Gasteiger partial charge in [0.2, 0.25) is 0 Å². The summed E-state index contributed by atoms with van der Waals surface area (Å²) in [6.45, 7) is 4.82. The molecule has 0 saturated carbocycles. The van der Waals surface area contributed by atoms with Crippen molar-refractivity contribution >= 4 is 16.9 Å². The van der Waals surface area contributed by atoms with Gasteiger partial charge in [-0.1, -0.05) is 31.2 Å². The molecule has 1 N–H and O–H groups in total. The Balaban J connectivity index is 1.39. The van der Waals surface area contributed by atoms with Crippen LogP contribution in [0.25, 0.3) is 10.9 Å². The molecule has 0 aliphatic carbocycles. The van der Waals surface area contributed by atoms with Crippen molar-refractivity contribution in [2.45, 2.75) is 39.3 Å². The highest BCUT2D eigenvalue weighted by molar-refractivity contribution is 5.78. The van der Waals surface area contributed by atoms with E-state index in [1.807, 2.05) is 67.2 Å². The van der Waals surface area contributed by atoms with Gasteiger partial charge < -0.3 is 9.84 Å². The number of hydrogen-bond acceptors (Lipinski definition) is 5. The van der Waals surface area contributed by atoms with Crippen molar-refractivity contribution < 1.29 is 14.6 Å². The third-order valence-electron chi connectivity index (χ3n) is 5.11. The summed E-state index contributed by atoms with van der Waals surface area (Å²) < 4.78 is 7.77. The molecule has 31 heavy (non-hydrogen) atoms. The number of benzene rings is 2. The Morgan fingerprint density at radius 1 is 1.13 bits per heavy atom. The summed E-state index contributed by atoms with van der Waals surface area (Å²) in [6, 6.07) is 13.7. The molecule has 1 unspecified atom stereocenters. The van der Waals surface area contributed by atoms with Gasteiger partial charge in [-0.3, -0.25) is 19.4 Å². The monoisotopic (exact) mass is 416 g/mol. The molecule has 2 aromatic heterocycles. The number of fused-ring (bicyclic) bond motifs is 1. The molecule has 0 amide bonds. The maximum Gasteiger partial charge on any atom is 0.303 e. The lowest BCUT2D eigenvalue weighted by atomic mass is 9.98. The normalized spacial score (nSPS) is 12.1. The van der Waals surface area contributed by atoms with E-state index in [9.17, 15) is 4.79 Å². The number of aliphatic carboxylic acids is 1. The van der Waals surface area contributed by atoms with Gasteiger partial charge in [-0.05, 0) is 42.2 Å². The number of hydrogen-bond donors (Lipinski definition) is 1. The maximum absolute atomic E-state index is 10.9. The largest absolute Gasteiger partial charge is 0.489 e. The molecule has 0 radical (unpaired) electrons. The predicted octanol–water partition coefficient (Wildman–Crippen LogP) is 4.34. The van der Waals surface area contributed by atoms with Gasteiger partial charge in [-0.15, -0.1) is 0 Å². The van der Waals surface area contributed by atoms with Crippen LogP contribution in [0.3, 0.4) is 0 Å². The average Bonchev–Trinajstić information content (AvgIpc) is 3.15. The van der Waals surface area contributed by atoms with E-state index in [0.717, 1.165) is 39.2 Å². The molecule has 0 bridgehead atoms. The summed E-state index contributed by atoms with van der Waals surface area (Å²) in [4.78, 5) is 19.5. The van der Waals surface area contributed by atoms with Crippen LogP contribution >= 0.6 is 0 Å². The standard InChI is InChI=1S/C24H24N4O3/c1-16(9-24(29)30)19-5-7-22(8-6-19)31-15-18-3-4-20-13-28(27-23(20)10-18)14-21-12-25-17(2)11-26-21/h3-8,10-13,16H,9,14-15H2,1-2H3,(H,29,30). The minimum atomic E-state index is -0.794. The van der Waals surface area contributed by atoms with Gasteiger partial charge >= 0.3 is 5.97 Å². The number of ether oxygens (including phenoxy) is 1. The fourth-order valence-electron chi connectivity index (χ4n) is 3.39. The molecule has 0 saturated heterocycles. The highest BCUT2D eigenvalue weighted by Crippen LogP contribution is 2.23. The number of rotatable bonds is 8. The van der Waals surface area contributed by atoms with E-state index < -0.39 is 5.97 Å². The van der Waals surface area contributed by atoms with Gasteiger partial charge in [0.25, 0.3) is 0 Å². The van der Waals surface area contributed by atoms with Gasteiger partial charge in [0, 0.05) is 17.8 Å². The van der Waals surface area contributed by atoms with E-state index in [1.54, 1.807) is 12.4 Å². The lowest BCUT2D eigenvalue weighted by molar-refractivity contribution is -0.137. The highest BCUT2D eigenvalue weighted by Gasteiger charge is 2.10. The molecule has 7 heteroatoms. The van der Waals surface area contributed by atoms with Crippen molar-refractivity contribution in [3.05, 3.63) is 83.6 Å². The van der Waals surface area contributed by atoms with Gasteiger partial charge in [-0.2, -0.15) is 5.10 Å². The molecule has 1 atom stereocenters. The second-order valence-corrected chi connectivity index (χ2v) is 7.73. The minimum absolute atomic E-state index is 0.0324. The zero-order valence-electron chi connectivity index (χ0n) is 17.5. The number of aryl methyl sites for hydroxylation is 1. The first-order valence-electron chi connectivity index (χ1n) is 10.1. The Bertz CT molecular complexity index is 1180. The number of carbonyl (C=O) groups is 1. The van der Waals surface area contributed by atoms with E-state index in [4.69, 9.17) is 9.84 Å². The van der Waals surface area contributed by atoms with Crippen LogP contribution in [-0.4, -0.2) is 30.8 Å². The van der Waals surface area contributed by atoms with Crippen LogP contribution in [-0.2, 0) is 17.9 Å². The van der Waals surface area contributed by atoms with Crippen LogP contribution in [0.4, 0.5) is 0 Å². The van der Waals surface area contributed by atoms with E-state index in [1.165, 1.54) is 0 Å². The first-order chi connectivity index (χ1) is 15.0. The Morgan fingerprint density at radius 2 is 1.94 bits per heavy atom. The minimum Gasteiger partial charge on any atom is -0.489 e. The highest BCUT2D eigenvalue weighted by atomic mass is 16.5. The smallest absolute Gasteiger partial charge is 0.303 e. The predicted molar refractivity (Wildman–Crippen MR) is 117 cm³/mol. The Labute approximate surface area is 180 Å². The molecule has 4 rings (SSSR count).